The molecule has 0 fully saturated rings. The van der Waals surface area contributed by atoms with Crippen molar-refractivity contribution in [3.8, 4) is 6.07 Å². The van der Waals surface area contributed by atoms with Crippen molar-refractivity contribution in [2.45, 2.75) is 18.2 Å². The molecule has 3 nitrogen and oxygen atoms in total. The van der Waals surface area contributed by atoms with Crippen molar-refractivity contribution in [1.82, 2.24) is 0 Å². The van der Waals surface area contributed by atoms with Gasteiger partial charge in [0.15, 0.2) is 0 Å². The summed E-state index contributed by atoms with van der Waals surface area (Å²) >= 11 is 11.6. The molecular weight excluding hydrogens is 395 g/mol. The van der Waals surface area contributed by atoms with Gasteiger partial charge in [-0.1, -0.05) is 34.4 Å². The van der Waals surface area contributed by atoms with Gasteiger partial charge in [0.05, 0.1) is 17.7 Å². The van der Waals surface area contributed by atoms with Crippen LogP contribution >= 0.6 is 23.2 Å². The van der Waals surface area contributed by atoms with Crippen LogP contribution in [0.2, 0.25) is 10.0 Å². The van der Waals surface area contributed by atoms with Crippen molar-refractivity contribution < 1.29 is 22.4 Å². The summed E-state index contributed by atoms with van der Waals surface area (Å²) in [6.07, 6.45) is -5.67. The maximum atomic E-state index is 14.3. The molecule has 134 valence electrons. The standard InChI is InChI=1S/C17H8Cl2F4N2O/c18-11-4-10(5-12(19)6-11)16(17(21,22)23)7-14(25-26-16)13-3-1-2-9(8-24)15(13)20/h1-6H,7H2. The van der Waals surface area contributed by atoms with E-state index in [2.05, 4.69) is 5.16 Å². The lowest BCUT2D eigenvalue weighted by Crippen LogP contribution is -2.42. The van der Waals surface area contributed by atoms with Gasteiger partial charge in [-0.25, -0.2) is 4.39 Å². The molecule has 0 radical (unpaired) electrons. The number of nitriles is 1. The molecule has 0 N–H and O–H groups in total. The minimum Gasteiger partial charge on any atom is -0.374 e. The second-order valence-electron chi connectivity index (χ2n) is 5.57. The number of rotatable bonds is 2. The van der Waals surface area contributed by atoms with Crippen molar-refractivity contribution >= 4 is 28.9 Å². The summed E-state index contributed by atoms with van der Waals surface area (Å²) < 4.78 is 55.9. The Balaban J connectivity index is 2.09. The monoisotopic (exact) mass is 402 g/mol. The summed E-state index contributed by atoms with van der Waals surface area (Å²) in [5.74, 6) is -0.959. The van der Waals surface area contributed by atoms with Crippen LogP contribution in [0.5, 0.6) is 0 Å². The van der Waals surface area contributed by atoms with Gasteiger partial charge in [0.25, 0.3) is 5.60 Å². The molecule has 1 unspecified atom stereocenters. The molecule has 0 amide bonds. The normalized spacial score (nSPS) is 19.7. The van der Waals surface area contributed by atoms with Crippen molar-refractivity contribution in [2.24, 2.45) is 5.16 Å². The van der Waals surface area contributed by atoms with Gasteiger partial charge >= 0.3 is 6.18 Å². The van der Waals surface area contributed by atoms with Crippen molar-refractivity contribution in [1.29, 1.82) is 5.26 Å². The molecule has 1 aliphatic rings. The lowest BCUT2D eigenvalue weighted by Gasteiger charge is -2.29. The highest BCUT2D eigenvalue weighted by Crippen LogP contribution is 2.49. The van der Waals surface area contributed by atoms with Gasteiger partial charge in [-0.05, 0) is 30.3 Å². The van der Waals surface area contributed by atoms with Crippen LogP contribution in [-0.2, 0) is 10.4 Å². The van der Waals surface area contributed by atoms with Crippen LogP contribution in [0.25, 0.3) is 0 Å². The van der Waals surface area contributed by atoms with E-state index in [1.807, 2.05) is 0 Å². The quantitative estimate of drug-likeness (QED) is 0.614. The average molecular weight is 403 g/mol. The Morgan fingerprint density at radius 3 is 2.38 bits per heavy atom. The lowest BCUT2D eigenvalue weighted by atomic mass is 9.86. The second kappa shape index (κ2) is 6.45. The Hall–Kier alpha value is -2.30. The molecule has 1 aliphatic heterocycles. The molecule has 1 heterocycles. The van der Waals surface area contributed by atoms with E-state index < -0.39 is 24.0 Å². The number of hydrogen-bond acceptors (Lipinski definition) is 3. The fraction of sp³-hybridized carbons (Fsp3) is 0.176. The molecule has 0 saturated carbocycles. The van der Waals surface area contributed by atoms with Crippen molar-refractivity contribution in [3.05, 3.63) is 69.0 Å². The van der Waals surface area contributed by atoms with Crippen LogP contribution in [0.1, 0.15) is 23.1 Å². The highest BCUT2D eigenvalue weighted by Gasteiger charge is 2.62. The fourth-order valence-corrected chi connectivity index (χ4v) is 3.20. The van der Waals surface area contributed by atoms with E-state index in [0.717, 1.165) is 12.1 Å². The molecule has 26 heavy (non-hydrogen) atoms. The molecule has 9 heteroatoms. The number of benzene rings is 2. The van der Waals surface area contributed by atoms with E-state index in [1.165, 1.54) is 24.3 Å². The van der Waals surface area contributed by atoms with Gasteiger partial charge in [-0.3, -0.25) is 0 Å². The zero-order valence-electron chi connectivity index (χ0n) is 12.7. The van der Waals surface area contributed by atoms with E-state index in [9.17, 15) is 17.6 Å². The van der Waals surface area contributed by atoms with Gasteiger partial charge in [-0.15, -0.1) is 0 Å². The van der Waals surface area contributed by atoms with E-state index in [1.54, 1.807) is 6.07 Å². The highest BCUT2D eigenvalue weighted by atomic mass is 35.5. The number of alkyl halides is 3. The first-order chi connectivity index (χ1) is 12.2. The third kappa shape index (κ3) is 3.00. The van der Waals surface area contributed by atoms with E-state index >= 15 is 0 Å². The molecule has 0 aromatic heterocycles. The zero-order valence-corrected chi connectivity index (χ0v) is 14.3. The molecule has 2 aromatic rings. The van der Waals surface area contributed by atoms with Crippen LogP contribution in [0.3, 0.4) is 0 Å². The lowest BCUT2D eigenvalue weighted by molar-refractivity contribution is -0.275. The average Bonchev–Trinajstić information content (AvgIpc) is 3.00. The topological polar surface area (TPSA) is 45.4 Å². The minimum atomic E-state index is -4.88. The van der Waals surface area contributed by atoms with Crippen LogP contribution < -0.4 is 0 Å². The first kappa shape index (κ1) is 18.5. The Bertz CT molecular complexity index is 933. The van der Waals surface area contributed by atoms with Crippen molar-refractivity contribution in [3.63, 3.8) is 0 Å². The first-order valence-corrected chi connectivity index (χ1v) is 7.91. The fourth-order valence-electron chi connectivity index (χ4n) is 2.68. The number of hydrogen-bond donors (Lipinski definition) is 0. The van der Waals surface area contributed by atoms with Gasteiger partial charge in [0.2, 0.25) is 0 Å². The second-order valence-corrected chi connectivity index (χ2v) is 6.44. The van der Waals surface area contributed by atoms with Gasteiger partial charge < -0.3 is 4.84 Å². The van der Waals surface area contributed by atoms with Gasteiger partial charge in [-0.2, -0.15) is 18.4 Å². The molecular formula is C17H8Cl2F4N2O. The van der Waals surface area contributed by atoms with E-state index in [4.69, 9.17) is 33.3 Å². The molecule has 0 aliphatic carbocycles. The highest BCUT2D eigenvalue weighted by molar-refractivity contribution is 6.34. The van der Waals surface area contributed by atoms with Crippen LogP contribution in [0, 0.1) is 17.1 Å². The maximum Gasteiger partial charge on any atom is 0.435 e. The van der Waals surface area contributed by atoms with E-state index in [-0.39, 0.29) is 32.4 Å². The van der Waals surface area contributed by atoms with E-state index in [0.29, 0.717) is 0 Å². The van der Waals surface area contributed by atoms with Crippen LogP contribution in [0.4, 0.5) is 17.6 Å². The summed E-state index contributed by atoms with van der Waals surface area (Å²) in [5, 5.41) is 12.3. The maximum absolute atomic E-state index is 14.3. The van der Waals surface area contributed by atoms with Crippen LogP contribution in [0.15, 0.2) is 41.6 Å². The number of halogens is 6. The Kier molecular flexibility index (Phi) is 4.59. The Morgan fingerprint density at radius 1 is 1.15 bits per heavy atom. The smallest absolute Gasteiger partial charge is 0.374 e. The molecule has 0 saturated heterocycles. The van der Waals surface area contributed by atoms with Gasteiger partial charge in [0, 0.05) is 21.2 Å². The summed E-state index contributed by atoms with van der Waals surface area (Å²) in [6.45, 7) is 0. The third-order valence-electron chi connectivity index (χ3n) is 3.94. The predicted octanol–water partition coefficient (Wildman–Crippen LogP) is 5.59. The Labute approximate surface area is 155 Å². The SMILES string of the molecule is N#Cc1cccc(C2=NOC(c3cc(Cl)cc(Cl)c3)(C(F)(F)F)C2)c1F. The van der Waals surface area contributed by atoms with Gasteiger partial charge in [0.1, 0.15) is 11.9 Å². The number of oxime groups is 1. The largest absolute Gasteiger partial charge is 0.435 e. The summed E-state index contributed by atoms with van der Waals surface area (Å²) in [7, 11) is 0. The number of nitrogens with zero attached hydrogens (tertiary/aromatic N) is 2. The third-order valence-corrected chi connectivity index (χ3v) is 4.38. The summed E-state index contributed by atoms with van der Waals surface area (Å²) in [5.41, 5.74) is -4.01. The minimum absolute atomic E-state index is 0.00849. The molecule has 0 spiro atoms. The molecule has 0 bridgehead atoms. The van der Waals surface area contributed by atoms with Crippen molar-refractivity contribution in [2.75, 3.05) is 0 Å². The predicted molar refractivity (Wildman–Crippen MR) is 87.5 cm³/mol. The summed E-state index contributed by atoms with van der Waals surface area (Å²) in [4.78, 5) is 4.79. The zero-order chi connectivity index (χ0) is 19.1. The first-order valence-electron chi connectivity index (χ1n) is 7.15. The Morgan fingerprint density at radius 2 is 1.81 bits per heavy atom. The molecule has 1 atom stereocenters. The molecule has 2 aromatic carbocycles. The summed E-state index contributed by atoms with van der Waals surface area (Å²) in [6, 6.07) is 8.85. The molecule has 3 rings (SSSR count). The van der Waals surface area contributed by atoms with Crippen LogP contribution in [-0.4, -0.2) is 11.9 Å².